The molecular weight excluding hydrogens is 254 g/mol. The van der Waals surface area contributed by atoms with E-state index in [1.54, 1.807) is 4.90 Å². The highest BCUT2D eigenvalue weighted by molar-refractivity contribution is 6.35. The van der Waals surface area contributed by atoms with Gasteiger partial charge in [0, 0.05) is 32.2 Å². The molecule has 1 heterocycles. The summed E-state index contributed by atoms with van der Waals surface area (Å²) < 4.78 is 0. The van der Waals surface area contributed by atoms with Crippen molar-refractivity contribution in [2.45, 2.75) is 45.6 Å². The highest BCUT2D eigenvalue weighted by Gasteiger charge is 2.36. The molecule has 1 aliphatic carbocycles. The SMILES string of the molecule is CC(C)CCN(C(=O)C(=O)N1CCCNCC1)C1CC1. The standard InChI is InChI=1S/C15H27N3O2/c1-12(2)6-10-18(13-4-5-13)15(20)14(19)17-9-3-7-16-8-11-17/h12-13,16H,3-11H2,1-2H3. The molecule has 20 heavy (non-hydrogen) atoms. The van der Waals surface area contributed by atoms with Crippen LogP contribution in [-0.4, -0.2) is 60.4 Å². The van der Waals surface area contributed by atoms with Crippen LogP contribution in [0.1, 0.15) is 39.5 Å². The number of hydrogen-bond acceptors (Lipinski definition) is 3. The molecule has 1 saturated heterocycles. The zero-order valence-corrected chi connectivity index (χ0v) is 12.7. The van der Waals surface area contributed by atoms with Gasteiger partial charge in [-0.15, -0.1) is 0 Å². The van der Waals surface area contributed by atoms with Gasteiger partial charge >= 0.3 is 11.8 Å². The zero-order valence-electron chi connectivity index (χ0n) is 12.7. The van der Waals surface area contributed by atoms with Gasteiger partial charge in [-0.05, 0) is 38.1 Å². The molecule has 0 aromatic heterocycles. The second-order valence-corrected chi connectivity index (χ2v) is 6.31. The summed E-state index contributed by atoms with van der Waals surface area (Å²) in [5.74, 6) is -0.0269. The van der Waals surface area contributed by atoms with E-state index < -0.39 is 0 Å². The van der Waals surface area contributed by atoms with Crippen LogP contribution in [0.25, 0.3) is 0 Å². The molecule has 2 amide bonds. The molecule has 1 saturated carbocycles. The van der Waals surface area contributed by atoms with Gasteiger partial charge in [-0.1, -0.05) is 13.8 Å². The lowest BCUT2D eigenvalue weighted by Gasteiger charge is -2.26. The summed E-state index contributed by atoms with van der Waals surface area (Å²) in [5.41, 5.74) is 0. The minimum atomic E-state index is -0.302. The minimum absolute atomic E-state index is 0.282. The smallest absolute Gasteiger partial charge is 0.312 e. The fraction of sp³-hybridized carbons (Fsp3) is 0.867. The van der Waals surface area contributed by atoms with E-state index in [1.165, 1.54) is 0 Å². The maximum absolute atomic E-state index is 12.5. The monoisotopic (exact) mass is 281 g/mol. The lowest BCUT2D eigenvalue weighted by atomic mass is 10.1. The van der Waals surface area contributed by atoms with Crippen molar-refractivity contribution < 1.29 is 9.59 Å². The summed E-state index contributed by atoms with van der Waals surface area (Å²) in [6.45, 7) is 8.08. The average molecular weight is 281 g/mol. The van der Waals surface area contributed by atoms with Gasteiger partial charge in [0.1, 0.15) is 0 Å². The number of amides is 2. The van der Waals surface area contributed by atoms with E-state index >= 15 is 0 Å². The van der Waals surface area contributed by atoms with Gasteiger partial charge in [0.15, 0.2) is 0 Å². The van der Waals surface area contributed by atoms with Crippen LogP contribution in [0.15, 0.2) is 0 Å². The van der Waals surface area contributed by atoms with Crippen LogP contribution in [0, 0.1) is 5.92 Å². The second kappa shape index (κ2) is 7.07. The fourth-order valence-corrected chi connectivity index (χ4v) is 2.54. The Kier molecular flexibility index (Phi) is 5.40. The third kappa shape index (κ3) is 4.20. The first kappa shape index (κ1) is 15.3. The van der Waals surface area contributed by atoms with Crippen molar-refractivity contribution in [1.82, 2.24) is 15.1 Å². The highest BCUT2D eigenvalue weighted by atomic mass is 16.2. The van der Waals surface area contributed by atoms with Gasteiger partial charge in [0.05, 0.1) is 0 Å². The third-order valence-corrected chi connectivity index (χ3v) is 4.01. The van der Waals surface area contributed by atoms with Crippen LogP contribution in [0.5, 0.6) is 0 Å². The minimum Gasteiger partial charge on any atom is -0.333 e. The third-order valence-electron chi connectivity index (χ3n) is 4.01. The maximum Gasteiger partial charge on any atom is 0.312 e. The van der Waals surface area contributed by atoms with Crippen molar-refractivity contribution in [3.63, 3.8) is 0 Å². The number of carbonyl (C=O) groups is 2. The Hall–Kier alpha value is -1.10. The summed E-state index contributed by atoms with van der Waals surface area (Å²) >= 11 is 0. The molecule has 0 aromatic carbocycles. The maximum atomic E-state index is 12.5. The molecule has 2 rings (SSSR count). The molecule has 0 unspecified atom stereocenters. The van der Waals surface area contributed by atoms with Crippen molar-refractivity contribution in [3.8, 4) is 0 Å². The van der Waals surface area contributed by atoms with Crippen LogP contribution >= 0.6 is 0 Å². The molecule has 2 aliphatic rings. The Bertz CT molecular complexity index is 345. The molecule has 1 N–H and O–H groups in total. The molecule has 1 aliphatic heterocycles. The van der Waals surface area contributed by atoms with Gasteiger partial charge in [-0.3, -0.25) is 9.59 Å². The van der Waals surface area contributed by atoms with E-state index in [-0.39, 0.29) is 11.8 Å². The van der Waals surface area contributed by atoms with Crippen molar-refractivity contribution in [3.05, 3.63) is 0 Å². The largest absolute Gasteiger partial charge is 0.333 e. The first-order chi connectivity index (χ1) is 9.59. The quantitative estimate of drug-likeness (QED) is 0.777. The van der Waals surface area contributed by atoms with E-state index in [0.717, 1.165) is 45.3 Å². The summed E-state index contributed by atoms with van der Waals surface area (Å²) in [6.07, 6.45) is 4.00. The molecule has 2 fully saturated rings. The Morgan fingerprint density at radius 3 is 2.65 bits per heavy atom. The molecule has 114 valence electrons. The predicted octanol–water partition coefficient (Wildman–Crippen LogP) is 0.845. The van der Waals surface area contributed by atoms with E-state index in [9.17, 15) is 9.59 Å². The van der Waals surface area contributed by atoms with E-state index in [4.69, 9.17) is 0 Å². The van der Waals surface area contributed by atoms with Crippen molar-refractivity contribution in [2.24, 2.45) is 5.92 Å². The van der Waals surface area contributed by atoms with Gasteiger partial charge in [-0.25, -0.2) is 0 Å². The Balaban J connectivity index is 1.93. The van der Waals surface area contributed by atoms with Crippen molar-refractivity contribution in [1.29, 1.82) is 0 Å². The van der Waals surface area contributed by atoms with E-state index in [1.807, 2.05) is 4.90 Å². The Labute approximate surface area is 121 Å². The fourth-order valence-electron chi connectivity index (χ4n) is 2.54. The van der Waals surface area contributed by atoms with Gasteiger partial charge in [0.2, 0.25) is 0 Å². The summed E-state index contributed by atoms with van der Waals surface area (Å²) in [6, 6.07) is 0.315. The topological polar surface area (TPSA) is 52.7 Å². The Morgan fingerprint density at radius 1 is 1.25 bits per heavy atom. The molecule has 0 radical (unpaired) electrons. The lowest BCUT2D eigenvalue weighted by molar-refractivity contribution is -0.152. The summed E-state index contributed by atoms with van der Waals surface area (Å²) in [7, 11) is 0. The summed E-state index contributed by atoms with van der Waals surface area (Å²) in [4.78, 5) is 28.4. The van der Waals surface area contributed by atoms with Crippen LogP contribution < -0.4 is 5.32 Å². The molecular formula is C15H27N3O2. The van der Waals surface area contributed by atoms with Crippen LogP contribution in [0.2, 0.25) is 0 Å². The normalized spacial score (nSPS) is 19.9. The highest BCUT2D eigenvalue weighted by Crippen LogP contribution is 2.27. The number of rotatable bonds is 4. The number of hydrogen-bond donors (Lipinski definition) is 1. The zero-order chi connectivity index (χ0) is 14.5. The first-order valence-electron chi connectivity index (χ1n) is 7.90. The number of nitrogens with one attached hydrogen (secondary N) is 1. The number of nitrogens with zero attached hydrogens (tertiary/aromatic N) is 2. The van der Waals surface area contributed by atoms with Crippen molar-refractivity contribution in [2.75, 3.05) is 32.7 Å². The molecule has 0 atom stereocenters. The molecule has 0 spiro atoms. The van der Waals surface area contributed by atoms with Crippen LogP contribution in [0.3, 0.4) is 0 Å². The van der Waals surface area contributed by atoms with Gasteiger partial charge in [-0.2, -0.15) is 0 Å². The Morgan fingerprint density at radius 2 is 2.00 bits per heavy atom. The average Bonchev–Trinajstić information content (AvgIpc) is 3.24. The second-order valence-electron chi connectivity index (χ2n) is 6.31. The lowest BCUT2D eigenvalue weighted by Crippen LogP contribution is -2.47. The van der Waals surface area contributed by atoms with Crippen molar-refractivity contribution >= 4 is 11.8 Å². The van der Waals surface area contributed by atoms with E-state index in [2.05, 4.69) is 19.2 Å². The molecule has 0 bridgehead atoms. The van der Waals surface area contributed by atoms with Crippen LogP contribution in [0.4, 0.5) is 0 Å². The first-order valence-corrected chi connectivity index (χ1v) is 7.90. The van der Waals surface area contributed by atoms with Crippen LogP contribution in [-0.2, 0) is 9.59 Å². The summed E-state index contributed by atoms with van der Waals surface area (Å²) in [5, 5.41) is 3.26. The van der Waals surface area contributed by atoms with Gasteiger partial charge < -0.3 is 15.1 Å². The number of carbonyl (C=O) groups excluding carboxylic acids is 2. The molecule has 5 heteroatoms. The van der Waals surface area contributed by atoms with Gasteiger partial charge in [0.25, 0.3) is 0 Å². The molecule has 5 nitrogen and oxygen atoms in total. The predicted molar refractivity (Wildman–Crippen MR) is 78.3 cm³/mol. The van der Waals surface area contributed by atoms with E-state index in [0.29, 0.717) is 25.0 Å². The molecule has 0 aromatic rings.